The summed E-state index contributed by atoms with van der Waals surface area (Å²) in [6, 6.07) is 1.95. The van der Waals surface area contributed by atoms with Gasteiger partial charge in [0.1, 0.15) is 11.7 Å². The van der Waals surface area contributed by atoms with Gasteiger partial charge in [-0.05, 0) is 24.6 Å². The number of hydrogen-bond donors (Lipinski definition) is 3. The summed E-state index contributed by atoms with van der Waals surface area (Å²) in [5.74, 6) is -1.77. The first-order valence-electron chi connectivity index (χ1n) is 6.50. The molecule has 0 bridgehead atoms. The normalized spacial score (nSPS) is 12.4. The summed E-state index contributed by atoms with van der Waals surface area (Å²) in [6.45, 7) is 1.86. The van der Waals surface area contributed by atoms with Gasteiger partial charge in [-0.1, -0.05) is 23.2 Å². The van der Waals surface area contributed by atoms with E-state index in [-0.39, 0.29) is 18.7 Å². The average molecular weight is 345 g/mol. The molecule has 0 saturated heterocycles. The highest BCUT2D eigenvalue weighted by Gasteiger charge is 2.24. The Morgan fingerprint density at radius 2 is 2.09 bits per heavy atom. The minimum absolute atomic E-state index is 0.0646. The zero-order valence-electron chi connectivity index (χ0n) is 11.7. The van der Waals surface area contributed by atoms with Crippen molar-refractivity contribution in [3.63, 3.8) is 0 Å². The van der Waals surface area contributed by atoms with Crippen molar-refractivity contribution in [2.45, 2.75) is 19.4 Å². The fourth-order valence-corrected chi connectivity index (χ4v) is 2.81. The molecule has 2 aromatic rings. The van der Waals surface area contributed by atoms with Crippen LogP contribution >= 0.6 is 23.2 Å². The van der Waals surface area contributed by atoms with Crippen LogP contribution < -0.4 is 5.73 Å². The molecule has 4 N–H and O–H groups in total. The average Bonchev–Trinajstić information content (AvgIpc) is 2.77. The van der Waals surface area contributed by atoms with Crippen molar-refractivity contribution in [3.8, 4) is 0 Å². The summed E-state index contributed by atoms with van der Waals surface area (Å²) < 4.78 is 4.98. The second-order valence-corrected chi connectivity index (χ2v) is 5.50. The molecule has 0 radical (unpaired) electrons. The summed E-state index contributed by atoms with van der Waals surface area (Å²) in [5, 5.41) is 10.2. The second-order valence-electron chi connectivity index (χ2n) is 4.66. The number of carbonyl (C=O) groups excluding carboxylic acids is 1. The maximum atomic E-state index is 12.1. The van der Waals surface area contributed by atoms with Crippen molar-refractivity contribution in [1.82, 2.24) is 4.98 Å². The summed E-state index contributed by atoms with van der Waals surface area (Å²) >= 11 is 12.1. The van der Waals surface area contributed by atoms with Crippen molar-refractivity contribution in [2.75, 3.05) is 6.61 Å². The molecule has 0 aliphatic rings. The largest absolute Gasteiger partial charge is 0.480 e. The molecule has 1 heterocycles. The lowest BCUT2D eigenvalue weighted by Gasteiger charge is -2.08. The number of hydrogen-bond acceptors (Lipinski definition) is 4. The summed E-state index contributed by atoms with van der Waals surface area (Å²) in [4.78, 5) is 25.9. The molecule has 0 fully saturated rings. The van der Waals surface area contributed by atoms with Gasteiger partial charge in [-0.3, -0.25) is 4.79 Å². The maximum Gasteiger partial charge on any atom is 0.355 e. The standard InChI is InChI=1S/C14H14Cl2N2O4/c1-2-22-14(21)12-7(5-9(17)13(19)20)11-8(16)3-6(15)4-10(11)18-12/h3-4,9,18H,2,5,17H2,1H3,(H,19,20). The smallest absolute Gasteiger partial charge is 0.355 e. The van der Waals surface area contributed by atoms with Crippen LogP contribution in [0.15, 0.2) is 12.1 Å². The molecule has 0 saturated carbocycles. The van der Waals surface area contributed by atoms with Crippen LogP contribution in [0, 0.1) is 0 Å². The molecule has 8 heteroatoms. The molecule has 1 atom stereocenters. The fraction of sp³-hybridized carbons (Fsp3) is 0.286. The molecule has 0 aliphatic carbocycles. The second kappa shape index (κ2) is 6.56. The van der Waals surface area contributed by atoms with Crippen LogP contribution in [0.3, 0.4) is 0 Å². The Labute approximate surface area is 136 Å². The topological polar surface area (TPSA) is 105 Å². The van der Waals surface area contributed by atoms with Crippen LogP contribution in [0.5, 0.6) is 0 Å². The Balaban J connectivity index is 2.64. The van der Waals surface area contributed by atoms with Crippen LogP contribution in [-0.2, 0) is 16.0 Å². The highest BCUT2D eigenvalue weighted by molar-refractivity contribution is 6.39. The molecule has 22 heavy (non-hydrogen) atoms. The Morgan fingerprint density at radius 1 is 1.41 bits per heavy atom. The number of carbonyl (C=O) groups is 2. The number of aliphatic carboxylic acids is 1. The van der Waals surface area contributed by atoms with Gasteiger partial charge in [0.15, 0.2) is 0 Å². The number of carboxylic acid groups (broad SMARTS) is 1. The molecule has 0 amide bonds. The van der Waals surface area contributed by atoms with Gasteiger partial charge in [0.05, 0.1) is 11.6 Å². The first-order valence-corrected chi connectivity index (χ1v) is 7.25. The van der Waals surface area contributed by atoms with E-state index in [1.165, 1.54) is 6.07 Å². The van der Waals surface area contributed by atoms with E-state index in [1.807, 2.05) is 0 Å². The van der Waals surface area contributed by atoms with Crippen molar-refractivity contribution >= 4 is 46.0 Å². The van der Waals surface area contributed by atoms with E-state index in [1.54, 1.807) is 13.0 Å². The van der Waals surface area contributed by atoms with E-state index in [9.17, 15) is 9.59 Å². The predicted molar refractivity (Wildman–Crippen MR) is 83.6 cm³/mol. The Kier molecular flexibility index (Phi) is 4.95. The summed E-state index contributed by atoms with van der Waals surface area (Å²) in [7, 11) is 0. The minimum Gasteiger partial charge on any atom is -0.480 e. The fourth-order valence-electron chi connectivity index (χ4n) is 2.20. The summed E-state index contributed by atoms with van der Waals surface area (Å²) in [6.07, 6.45) is -0.0646. The number of nitrogens with two attached hydrogens (primary N) is 1. The van der Waals surface area contributed by atoms with Crippen LogP contribution in [-0.4, -0.2) is 34.7 Å². The summed E-state index contributed by atoms with van der Waals surface area (Å²) in [5.41, 5.74) is 6.65. The number of nitrogens with one attached hydrogen (secondary N) is 1. The molecular formula is C14H14Cl2N2O4. The highest BCUT2D eigenvalue weighted by atomic mass is 35.5. The quantitative estimate of drug-likeness (QED) is 0.723. The number of benzene rings is 1. The molecule has 2 rings (SSSR count). The Hall–Kier alpha value is -1.76. The van der Waals surface area contributed by atoms with Crippen LogP contribution in [0.25, 0.3) is 10.9 Å². The van der Waals surface area contributed by atoms with Crippen molar-refractivity contribution in [1.29, 1.82) is 0 Å². The third-order valence-electron chi connectivity index (χ3n) is 3.14. The van der Waals surface area contributed by atoms with Gasteiger partial charge >= 0.3 is 11.9 Å². The number of halogens is 2. The van der Waals surface area contributed by atoms with Gasteiger partial charge in [-0.25, -0.2) is 4.79 Å². The monoisotopic (exact) mass is 344 g/mol. The third kappa shape index (κ3) is 3.19. The van der Waals surface area contributed by atoms with Crippen LogP contribution in [0.4, 0.5) is 0 Å². The first-order chi connectivity index (χ1) is 10.3. The molecule has 1 unspecified atom stereocenters. The predicted octanol–water partition coefficient (Wildman–Crippen LogP) is 2.61. The van der Waals surface area contributed by atoms with Crippen LogP contribution in [0.1, 0.15) is 23.0 Å². The zero-order valence-corrected chi connectivity index (χ0v) is 13.2. The highest BCUT2D eigenvalue weighted by Crippen LogP contribution is 2.33. The molecule has 0 spiro atoms. The number of H-pyrrole nitrogens is 1. The van der Waals surface area contributed by atoms with Gasteiger partial charge in [-0.15, -0.1) is 0 Å². The number of esters is 1. The lowest BCUT2D eigenvalue weighted by atomic mass is 10.0. The number of aromatic amines is 1. The third-order valence-corrected chi connectivity index (χ3v) is 3.66. The number of carboxylic acids is 1. The van der Waals surface area contributed by atoms with Crippen molar-refractivity contribution in [2.24, 2.45) is 5.73 Å². The van der Waals surface area contributed by atoms with E-state index in [0.29, 0.717) is 26.5 Å². The Bertz CT molecular complexity index is 742. The van der Waals surface area contributed by atoms with E-state index < -0.39 is 18.0 Å². The molecule has 118 valence electrons. The van der Waals surface area contributed by atoms with E-state index >= 15 is 0 Å². The number of rotatable bonds is 5. The molecule has 1 aromatic heterocycles. The minimum atomic E-state index is -1.17. The van der Waals surface area contributed by atoms with E-state index in [2.05, 4.69) is 4.98 Å². The molecule has 0 aliphatic heterocycles. The zero-order chi connectivity index (χ0) is 16.4. The first kappa shape index (κ1) is 16.6. The van der Waals surface area contributed by atoms with Gasteiger partial charge in [0.25, 0.3) is 0 Å². The van der Waals surface area contributed by atoms with E-state index in [4.69, 9.17) is 38.8 Å². The van der Waals surface area contributed by atoms with Gasteiger partial charge in [0, 0.05) is 22.3 Å². The lowest BCUT2D eigenvalue weighted by Crippen LogP contribution is -2.32. The SMILES string of the molecule is CCOC(=O)c1[nH]c2cc(Cl)cc(Cl)c2c1CC(N)C(=O)O. The lowest BCUT2D eigenvalue weighted by molar-refractivity contribution is -0.138. The molecular weight excluding hydrogens is 331 g/mol. The van der Waals surface area contributed by atoms with Crippen molar-refractivity contribution < 1.29 is 19.4 Å². The van der Waals surface area contributed by atoms with E-state index in [0.717, 1.165) is 0 Å². The van der Waals surface area contributed by atoms with Gasteiger partial charge < -0.3 is 20.6 Å². The Morgan fingerprint density at radius 3 is 2.68 bits per heavy atom. The van der Waals surface area contributed by atoms with Crippen LogP contribution in [0.2, 0.25) is 10.0 Å². The maximum absolute atomic E-state index is 12.1. The molecule has 1 aromatic carbocycles. The van der Waals surface area contributed by atoms with Gasteiger partial charge in [0.2, 0.25) is 0 Å². The van der Waals surface area contributed by atoms with Crippen molar-refractivity contribution in [3.05, 3.63) is 33.4 Å². The number of ether oxygens (including phenoxy) is 1. The number of aromatic nitrogens is 1. The van der Waals surface area contributed by atoms with Gasteiger partial charge in [-0.2, -0.15) is 0 Å². The molecule has 6 nitrogen and oxygen atoms in total. The number of fused-ring (bicyclic) bond motifs is 1.